The molecule has 0 saturated carbocycles. The molecular weight excluding hydrogens is 320 g/mol. The quantitative estimate of drug-likeness (QED) is 0.445. The van der Waals surface area contributed by atoms with Crippen LogP contribution in [0.1, 0.15) is 40.2 Å². The molecule has 0 radical (unpaired) electrons. The topological polar surface area (TPSA) is 18.5 Å². The Balaban J connectivity index is 2.29. The molecule has 0 amide bonds. The van der Waals surface area contributed by atoms with Gasteiger partial charge in [0, 0.05) is 21.5 Å². The molecule has 3 aromatic rings. The molecule has 2 heteroatoms. The molecule has 0 aliphatic heterocycles. The number of rotatable bonds is 7. The average Bonchev–Trinajstić information content (AvgIpc) is 2.63. The molecule has 26 heavy (non-hydrogen) atoms. The number of hydrogen-bond acceptors (Lipinski definition) is 2. The van der Waals surface area contributed by atoms with Crippen LogP contribution in [0.25, 0.3) is 21.5 Å². The summed E-state index contributed by atoms with van der Waals surface area (Å²) in [6.45, 7) is 12.3. The van der Waals surface area contributed by atoms with E-state index in [9.17, 15) is 0 Å². The second-order valence-corrected chi connectivity index (χ2v) is 7.85. The molecule has 0 N–H and O–H groups in total. The van der Waals surface area contributed by atoms with Gasteiger partial charge in [-0.25, -0.2) is 0 Å². The average molecular weight is 351 g/mol. The summed E-state index contributed by atoms with van der Waals surface area (Å²) in [7, 11) is 0. The molecule has 3 aromatic carbocycles. The zero-order chi connectivity index (χ0) is 18.7. The predicted octanol–water partition coefficient (Wildman–Crippen LogP) is 6.63. The van der Waals surface area contributed by atoms with E-state index in [2.05, 4.69) is 77.1 Å². The fraction of sp³-hybridized carbons (Fsp3) is 0.417. The van der Waals surface area contributed by atoms with Gasteiger partial charge in [0.2, 0.25) is 0 Å². The summed E-state index contributed by atoms with van der Waals surface area (Å²) >= 11 is 0. The Morgan fingerprint density at radius 1 is 0.692 bits per heavy atom. The summed E-state index contributed by atoms with van der Waals surface area (Å²) < 4.78 is 12.6. The Kier molecular flexibility index (Phi) is 5.70. The van der Waals surface area contributed by atoms with E-state index in [1.54, 1.807) is 0 Å². The first-order chi connectivity index (χ1) is 12.5. The van der Waals surface area contributed by atoms with E-state index in [-0.39, 0.29) is 0 Å². The Hall–Kier alpha value is -2.22. The van der Waals surface area contributed by atoms with Crippen molar-refractivity contribution in [3.8, 4) is 11.5 Å². The second kappa shape index (κ2) is 7.99. The molecular formula is C24H30O2. The molecule has 0 aliphatic rings. The lowest BCUT2D eigenvalue weighted by Gasteiger charge is -2.20. The molecule has 0 unspecified atom stereocenters. The molecule has 0 heterocycles. The normalized spacial score (nSPS) is 11.7. The van der Waals surface area contributed by atoms with Crippen molar-refractivity contribution in [2.45, 2.75) is 41.0 Å². The van der Waals surface area contributed by atoms with E-state index < -0.39 is 0 Å². The molecule has 0 saturated heterocycles. The molecule has 0 bridgehead atoms. The van der Waals surface area contributed by atoms with Gasteiger partial charge in [-0.2, -0.15) is 0 Å². The second-order valence-electron chi connectivity index (χ2n) is 7.85. The van der Waals surface area contributed by atoms with Crippen molar-refractivity contribution < 1.29 is 9.47 Å². The fourth-order valence-electron chi connectivity index (χ4n) is 3.18. The smallest absolute Gasteiger partial charge is 0.135 e. The summed E-state index contributed by atoms with van der Waals surface area (Å²) in [5.74, 6) is 2.92. The van der Waals surface area contributed by atoms with Crippen LogP contribution in [0.3, 0.4) is 0 Å². The fourth-order valence-corrected chi connectivity index (χ4v) is 3.18. The zero-order valence-corrected chi connectivity index (χ0v) is 16.6. The van der Waals surface area contributed by atoms with Crippen LogP contribution < -0.4 is 9.47 Å². The highest BCUT2D eigenvalue weighted by molar-refractivity contribution is 6.11. The van der Waals surface area contributed by atoms with Crippen molar-refractivity contribution in [2.75, 3.05) is 13.2 Å². The number of ether oxygens (including phenoxy) is 2. The van der Waals surface area contributed by atoms with E-state index in [0.717, 1.165) is 39.5 Å². The van der Waals surface area contributed by atoms with E-state index in [0.29, 0.717) is 25.0 Å². The molecule has 3 rings (SSSR count). The third-order valence-corrected chi connectivity index (χ3v) is 4.52. The Labute approximate surface area is 157 Å². The van der Waals surface area contributed by atoms with Crippen LogP contribution in [0.5, 0.6) is 11.5 Å². The van der Waals surface area contributed by atoms with Crippen LogP contribution in [0.15, 0.2) is 42.5 Å². The third-order valence-electron chi connectivity index (χ3n) is 4.52. The molecule has 138 valence electrons. The molecule has 0 spiro atoms. The van der Waals surface area contributed by atoms with Crippen LogP contribution in [0.2, 0.25) is 0 Å². The SMILES string of the molecule is CCc1ccc2c(OCC(C)C)c3ccccc3c(OCC(C)C)c2c1. The van der Waals surface area contributed by atoms with Gasteiger partial charge in [-0.3, -0.25) is 0 Å². The molecule has 2 nitrogen and oxygen atoms in total. The summed E-state index contributed by atoms with van der Waals surface area (Å²) in [5.41, 5.74) is 1.32. The minimum Gasteiger partial charge on any atom is -0.492 e. The highest BCUT2D eigenvalue weighted by Crippen LogP contribution is 2.43. The lowest BCUT2D eigenvalue weighted by molar-refractivity contribution is 0.273. The van der Waals surface area contributed by atoms with Crippen LogP contribution in [0, 0.1) is 11.8 Å². The van der Waals surface area contributed by atoms with Crippen molar-refractivity contribution in [1.82, 2.24) is 0 Å². The molecule has 0 fully saturated rings. The highest BCUT2D eigenvalue weighted by Gasteiger charge is 2.17. The third kappa shape index (κ3) is 3.80. The van der Waals surface area contributed by atoms with Gasteiger partial charge in [0.05, 0.1) is 13.2 Å². The Bertz CT molecular complexity index is 893. The minimum absolute atomic E-state index is 0.482. The Morgan fingerprint density at radius 3 is 1.69 bits per heavy atom. The highest BCUT2D eigenvalue weighted by atomic mass is 16.5. The maximum Gasteiger partial charge on any atom is 0.135 e. The van der Waals surface area contributed by atoms with Crippen molar-refractivity contribution in [3.63, 3.8) is 0 Å². The Morgan fingerprint density at radius 2 is 1.19 bits per heavy atom. The first-order valence-corrected chi connectivity index (χ1v) is 9.74. The van der Waals surface area contributed by atoms with Gasteiger partial charge in [0.25, 0.3) is 0 Å². The van der Waals surface area contributed by atoms with Crippen molar-refractivity contribution in [3.05, 3.63) is 48.0 Å². The number of aryl methyl sites for hydroxylation is 1. The molecule has 0 aromatic heterocycles. The summed E-state index contributed by atoms with van der Waals surface area (Å²) in [6.07, 6.45) is 1.01. The van der Waals surface area contributed by atoms with Crippen LogP contribution in [0.4, 0.5) is 0 Å². The van der Waals surface area contributed by atoms with Gasteiger partial charge >= 0.3 is 0 Å². The van der Waals surface area contributed by atoms with Crippen LogP contribution in [-0.4, -0.2) is 13.2 Å². The summed E-state index contributed by atoms with van der Waals surface area (Å²) in [5, 5.41) is 4.55. The van der Waals surface area contributed by atoms with E-state index >= 15 is 0 Å². The van der Waals surface area contributed by atoms with Gasteiger partial charge in [-0.05, 0) is 29.9 Å². The zero-order valence-electron chi connectivity index (χ0n) is 16.6. The van der Waals surface area contributed by atoms with Crippen LogP contribution in [-0.2, 0) is 6.42 Å². The largest absolute Gasteiger partial charge is 0.492 e. The minimum atomic E-state index is 0.482. The van der Waals surface area contributed by atoms with Gasteiger partial charge in [-0.15, -0.1) is 0 Å². The predicted molar refractivity (Wildman–Crippen MR) is 111 cm³/mol. The standard InChI is InChI=1S/C24H30O2/c1-6-18-11-12-21-22(13-18)24(26-15-17(4)5)20-10-8-7-9-19(20)23(21)25-14-16(2)3/h7-13,16-17H,6,14-15H2,1-5H3. The monoisotopic (exact) mass is 350 g/mol. The van der Waals surface area contributed by atoms with E-state index in [1.165, 1.54) is 5.56 Å². The van der Waals surface area contributed by atoms with Gasteiger partial charge in [-0.1, -0.05) is 71.0 Å². The van der Waals surface area contributed by atoms with E-state index in [4.69, 9.17) is 9.47 Å². The molecule has 0 atom stereocenters. The first kappa shape index (κ1) is 18.6. The summed E-state index contributed by atoms with van der Waals surface area (Å²) in [4.78, 5) is 0. The first-order valence-electron chi connectivity index (χ1n) is 9.74. The van der Waals surface area contributed by atoms with Gasteiger partial charge < -0.3 is 9.47 Å². The van der Waals surface area contributed by atoms with Crippen molar-refractivity contribution >= 4 is 21.5 Å². The number of benzene rings is 3. The maximum absolute atomic E-state index is 6.32. The summed E-state index contributed by atoms with van der Waals surface area (Å²) in [6, 6.07) is 15.1. The lowest BCUT2D eigenvalue weighted by atomic mass is 9.98. The molecule has 0 aliphatic carbocycles. The number of fused-ring (bicyclic) bond motifs is 2. The maximum atomic E-state index is 6.32. The van der Waals surface area contributed by atoms with Gasteiger partial charge in [0.1, 0.15) is 11.5 Å². The lowest BCUT2D eigenvalue weighted by Crippen LogP contribution is -2.08. The number of hydrogen-bond donors (Lipinski definition) is 0. The van der Waals surface area contributed by atoms with Crippen molar-refractivity contribution in [2.24, 2.45) is 11.8 Å². The van der Waals surface area contributed by atoms with Crippen molar-refractivity contribution in [1.29, 1.82) is 0 Å². The van der Waals surface area contributed by atoms with Gasteiger partial charge in [0.15, 0.2) is 0 Å². The van der Waals surface area contributed by atoms with Crippen LogP contribution >= 0.6 is 0 Å². The van der Waals surface area contributed by atoms with E-state index in [1.807, 2.05) is 0 Å².